The molecule has 3 N–H and O–H groups in total. The van der Waals surface area contributed by atoms with Crippen LogP contribution in [0.2, 0.25) is 0 Å². The lowest BCUT2D eigenvalue weighted by molar-refractivity contribution is 0.0644. The molecular weight excluding hydrogens is 320 g/mol. The molecule has 0 aliphatic heterocycles. The summed E-state index contributed by atoms with van der Waals surface area (Å²) in [5, 5.41) is 2.78. The fourth-order valence-electron chi connectivity index (χ4n) is 2.21. The summed E-state index contributed by atoms with van der Waals surface area (Å²) in [4.78, 5) is 23.5. The largest absolute Gasteiger partial charge is 0.496 e. The summed E-state index contributed by atoms with van der Waals surface area (Å²) in [5.74, 6) is -0.105. The summed E-state index contributed by atoms with van der Waals surface area (Å²) in [6, 6.07) is 11.6. The van der Waals surface area contributed by atoms with Crippen molar-refractivity contribution in [2.45, 2.75) is 26.6 Å². The minimum Gasteiger partial charge on any atom is -0.496 e. The summed E-state index contributed by atoms with van der Waals surface area (Å²) >= 11 is 0. The van der Waals surface area contributed by atoms with Gasteiger partial charge in [0, 0.05) is 22.4 Å². The van der Waals surface area contributed by atoms with Crippen molar-refractivity contribution in [1.82, 2.24) is 0 Å². The van der Waals surface area contributed by atoms with Crippen LogP contribution < -0.4 is 15.8 Å². The number of hydrogen-bond acceptors (Lipinski definition) is 4. The molecule has 6 heteroatoms. The average molecular weight is 342 g/mol. The third-order valence-corrected chi connectivity index (χ3v) is 3.54. The molecule has 2 rings (SSSR count). The van der Waals surface area contributed by atoms with Crippen LogP contribution in [0, 0.1) is 0 Å². The highest BCUT2D eigenvalue weighted by atomic mass is 16.5. The van der Waals surface area contributed by atoms with Crippen LogP contribution in [0.3, 0.4) is 0 Å². The Morgan fingerprint density at radius 2 is 1.72 bits per heavy atom. The first kappa shape index (κ1) is 18.5. The van der Waals surface area contributed by atoms with Gasteiger partial charge in [0.15, 0.2) is 0 Å². The highest BCUT2D eigenvalue weighted by molar-refractivity contribution is 6.04. The zero-order valence-corrected chi connectivity index (χ0v) is 14.5. The third-order valence-electron chi connectivity index (χ3n) is 3.54. The van der Waals surface area contributed by atoms with E-state index in [4.69, 9.17) is 15.2 Å². The third kappa shape index (κ3) is 5.06. The predicted molar refractivity (Wildman–Crippen MR) is 95.8 cm³/mol. The molecule has 0 fully saturated rings. The topological polar surface area (TPSA) is 90.6 Å². The lowest BCUT2D eigenvalue weighted by Gasteiger charge is -2.13. The van der Waals surface area contributed by atoms with E-state index in [-0.39, 0.29) is 12.0 Å². The Balaban J connectivity index is 2.15. The number of rotatable bonds is 7. The second kappa shape index (κ2) is 8.30. The molecule has 0 spiro atoms. The number of nitrogens with two attached hydrogens (primary N) is 1. The molecule has 0 radical (unpaired) electrons. The van der Waals surface area contributed by atoms with Gasteiger partial charge in [-0.3, -0.25) is 9.59 Å². The molecule has 0 heterocycles. The fraction of sp³-hybridized carbons (Fsp3) is 0.263. The number of primary amides is 1. The number of ether oxygens (including phenoxy) is 2. The van der Waals surface area contributed by atoms with E-state index in [1.165, 1.54) is 0 Å². The minimum atomic E-state index is -0.511. The van der Waals surface area contributed by atoms with Crippen LogP contribution in [-0.4, -0.2) is 25.0 Å². The number of anilines is 1. The van der Waals surface area contributed by atoms with Crippen molar-refractivity contribution in [3.63, 3.8) is 0 Å². The van der Waals surface area contributed by atoms with Gasteiger partial charge in [-0.2, -0.15) is 0 Å². The summed E-state index contributed by atoms with van der Waals surface area (Å²) in [5.41, 5.74) is 7.45. The highest BCUT2D eigenvalue weighted by Crippen LogP contribution is 2.22. The monoisotopic (exact) mass is 342 g/mol. The van der Waals surface area contributed by atoms with Crippen molar-refractivity contribution in [1.29, 1.82) is 0 Å². The number of benzene rings is 2. The van der Waals surface area contributed by atoms with E-state index >= 15 is 0 Å². The molecule has 2 amide bonds. The molecule has 2 aromatic carbocycles. The number of hydrogen-bond donors (Lipinski definition) is 2. The zero-order valence-electron chi connectivity index (χ0n) is 14.5. The fourth-order valence-corrected chi connectivity index (χ4v) is 2.21. The van der Waals surface area contributed by atoms with Gasteiger partial charge in [0.1, 0.15) is 5.75 Å². The van der Waals surface area contributed by atoms with Gasteiger partial charge in [0.2, 0.25) is 5.91 Å². The van der Waals surface area contributed by atoms with Crippen LogP contribution in [-0.2, 0) is 11.3 Å². The van der Waals surface area contributed by atoms with E-state index in [2.05, 4.69) is 5.32 Å². The molecule has 0 saturated carbocycles. The van der Waals surface area contributed by atoms with Crippen molar-refractivity contribution in [2.24, 2.45) is 5.73 Å². The first-order valence-corrected chi connectivity index (χ1v) is 7.90. The Labute approximate surface area is 146 Å². The normalized spacial score (nSPS) is 10.6. The second-order valence-corrected chi connectivity index (χ2v) is 5.78. The van der Waals surface area contributed by atoms with Gasteiger partial charge in [-0.25, -0.2) is 0 Å². The average Bonchev–Trinajstić information content (AvgIpc) is 2.60. The predicted octanol–water partition coefficient (Wildman–Crippen LogP) is 2.97. The molecule has 0 aromatic heterocycles. The second-order valence-electron chi connectivity index (χ2n) is 5.78. The first-order chi connectivity index (χ1) is 11.9. The quantitative estimate of drug-likeness (QED) is 0.809. The number of amides is 2. The summed E-state index contributed by atoms with van der Waals surface area (Å²) in [7, 11) is 1.58. The molecule has 25 heavy (non-hydrogen) atoms. The Kier molecular flexibility index (Phi) is 6.14. The molecule has 0 saturated heterocycles. The number of carbonyl (C=O) groups excluding carboxylic acids is 2. The summed E-state index contributed by atoms with van der Waals surface area (Å²) in [6.45, 7) is 4.24. The molecular formula is C19H22N2O4. The molecule has 0 bridgehead atoms. The van der Waals surface area contributed by atoms with E-state index in [9.17, 15) is 9.59 Å². The van der Waals surface area contributed by atoms with Crippen LogP contribution >= 0.6 is 0 Å². The number of carbonyl (C=O) groups is 2. The van der Waals surface area contributed by atoms with Crippen molar-refractivity contribution < 1.29 is 19.1 Å². The van der Waals surface area contributed by atoms with Crippen molar-refractivity contribution >= 4 is 17.5 Å². The van der Waals surface area contributed by atoms with Crippen LogP contribution in [0.25, 0.3) is 0 Å². The van der Waals surface area contributed by atoms with Gasteiger partial charge in [-0.1, -0.05) is 0 Å². The van der Waals surface area contributed by atoms with Crippen LogP contribution in [0.1, 0.15) is 40.1 Å². The van der Waals surface area contributed by atoms with Crippen molar-refractivity contribution in [2.75, 3.05) is 12.4 Å². The maximum Gasteiger partial charge on any atom is 0.255 e. The lowest BCUT2D eigenvalue weighted by atomic mass is 10.1. The van der Waals surface area contributed by atoms with Gasteiger partial charge >= 0.3 is 0 Å². The molecule has 0 aliphatic rings. The van der Waals surface area contributed by atoms with E-state index in [1.807, 2.05) is 13.8 Å². The Hall–Kier alpha value is -2.86. The maximum atomic E-state index is 12.4. The van der Waals surface area contributed by atoms with Crippen molar-refractivity contribution in [3.8, 4) is 5.75 Å². The van der Waals surface area contributed by atoms with E-state index < -0.39 is 5.91 Å². The van der Waals surface area contributed by atoms with Gasteiger partial charge in [0.05, 0.1) is 19.8 Å². The van der Waals surface area contributed by atoms with Crippen LogP contribution in [0.5, 0.6) is 5.75 Å². The van der Waals surface area contributed by atoms with Gasteiger partial charge in [-0.15, -0.1) is 0 Å². The highest BCUT2D eigenvalue weighted by Gasteiger charge is 2.12. The van der Waals surface area contributed by atoms with Crippen molar-refractivity contribution in [3.05, 3.63) is 59.2 Å². The Bertz CT molecular complexity index is 755. The standard InChI is InChI=1S/C19H22N2O4/c1-12(2)25-11-15-10-14(6-9-17(15)24-3)19(23)21-16-7-4-13(5-8-16)18(20)22/h4-10,12H,11H2,1-3H3,(H2,20,22)(H,21,23). The van der Waals surface area contributed by atoms with Gasteiger partial charge in [-0.05, 0) is 56.3 Å². The Morgan fingerprint density at radius 1 is 1.08 bits per heavy atom. The van der Waals surface area contributed by atoms with Crippen LogP contribution in [0.4, 0.5) is 5.69 Å². The van der Waals surface area contributed by atoms with E-state index in [1.54, 1.807) is 49.6 Å². The van der Waals surface area contributed by atoms with E-state index in [0.29, 0.717) is 29.2 Å². The summed E-state index contributed by atoms with van der Waals surface area (Å²) in [6.07, 6.45) is 0.0750. The SMILES string of the molecule is COc1ccc(C(=O)Nc2ccc(C(N)=O)cc2)cc1COC(C)C. The Morgan fingerprint density at radius 3 is 2.28 bits per heavy atom. The molecule has 0 atom stereocenters. The summed E-state index contributed by atoms with van der Waals surface area (Å²) < 4.78 is 10.9. The molecule has 0 aliphatic carbocycles. The van der Waals surface area contributed by atoms with Crippen LogP contribution in [0.15, 0.2) is 42.5 Å². The number of methoxy groups -OCH3 is 1. The molecule has 0 unspecified atom stereocenters. The minimum absolute atomic E-state index is 0.0750. The van der Waals surface area contributed by atoms with E-state index in [0.717, 1.165) is 5.56 Å². The smallest absolute Gasteiger partial charge is 0.255 e. The maximum absolute atomic E-state index is 12.4. The molecule has 6 nitrogen and oxygen atoms in total. The molecule has 132 valence electrons. The van der Waals surface area contributed by atoms with Gasteiger partial charge < -0.3 is 20.5 Å². The molecule has 2 aromatic rings. The number of nitrogens with one attached hydrogen (secondary N) is 1. The zero-order chi connectivity index (χ0) is 18.4. The van der Waals surface area contributed by atoms with Gasteiger partial charge in [0.25, 0.3) is 5.91 Å². The first-order valence-electron chi connectivity index (χ1n) is 7.90. The lowest BCUT2D eigenvalue weighted by Crippen LogP contribution is -2.14.